The summed E-state index contributed by atoms with van der Waals surface area (Å²) in [6, 6.07) is 11.8. The second-order valence-corrected chi connectivity index (χ2v) is 5.61. The van der Waals surface area contributed by atoms with Crippen molar-refractivity contribution in [3.05, 3.63) is 76.8 Å². The number of hydrogen-bond acceptors (Lipinski definition) is 4. The van der Waals surface area contributed by atoms with Crippen LogP contribution in [0.4, 0.5) is 5.69 Å². The summed E-state index contributed by atoms with van der Waals surface area (Å²) in [4.78, 5) is 20.1. The van der Waals surface area contributed by atoms with E-state index in [1.807, 2.05) is 0 Å². The maximum atomic E-state index is 12.2. The van der Waals surface area contributed by atoms with Gasteiger partial charge in [0.25, 0.3) is 5.91 Å². The van der Waals surface area contributed by atoms with Crippen molar-refractivity contribution in [2.24, 2.45) is 0 Å². The van der Waals surface area contributed by atoms with Gasteiger partial charge in [-0.2, -0.15) is 0 Å². The van der Waals surface area contributed by atoms with Crippen LogP contribution >= 0.6 is 23.2 Å². The summed E-state index contributed by atoms with van der Waals surface area (Å²) in [5.74, 6) is 0.613. The second-order valence-electron chi connectivity index (χ2n) is 4.74. The summed E-state index contributed by atoms with van der Waals surface area (Å²) in [6.07, 6.45) is 4.31. The molecule has 0 saturated carbocycles. The number of aromatic nitrogens is 2. The van der Waals surface area contributed by atoms with Gasteiger partial charge < -0.3 is 10.1 Å². The number of hydrogen-bond donors (Lipinski definition) is 1. The van der Waals surface area contributed by atoms with Crippen molar-refractivity contribution in [2.75, 3.05) is 5.32 Å². The quantitative estimate of drug-likeness (QED) is 0.724. The molecule has 24 heavy (non-hydrogen) atoms. The molecule has 1 N–H and O–H groups in total. The third kappa shape index (κ3) is 4.01. The van der Waals surface area contributed by atoms with Gasteiger partial charge in [-0.05, 0) is 42.5 Å². The molecule has 0 atom stereocenters. The van der Waals surface area contributed by atoms with Gasteiger partial charge in [0.2, 0.25) is 0 Å². The van der Waals surface area contributed by atoms with Gasteiger partial charge in [-0.1, -0.05) is 23.2 Å². The van der Waals surface area contributed by atoms with E-state index in [-0.39, 0.29) is 5.69 Å². The minimum Gasteiger partial charge on any atom is -0.455 e. The lowest BCUT2D eigenvalue weighted by Crippen LogP contribution is -2.14. The average molecular weight is 360 g/mol. The first-order chi connectivity index (χ1) is 11.6. The zero-order chi connectivity index (χ0) is 16.9. The summed E-state index contributed by atoms with van der Waals surface area (Å²) in [7, 11) is 0. The molecular weight excluding hydrogens is 349 g/mol. The van der Waals surface area contributed by atoms with E-state index in [4.69, 9.17) is 27.9 Å². The summed E-state index contributed by atoms with van der Waals surface area (Å²) >= 11 is 11.9. The largest absolute Gasteiger partial charge is 0.455 e. The number of nitrogens with one attached hydrogen (secondary N) is 1. The number of ether oxygens (including phenoxy) is 1. The van der Waals surface area contributed by atoms with Gasteiger partial charge >= 0.3 is 0 Å². The molecule has 1 heterocycles. The molecule has 0 saturated heterocycles. The molecule has 1 amide bonds. The van der Waals surface area contributed by atoms with Gasteiger partial charge in [0.05, 0.1) is 11.9 Å². The van der Waals surface area contributed by atoms with Crippen LogP contribution in [0.15, 0.2) is 61.1 Å². The normalized spacial score (nSPS) is 10.2. The van der Waals surface area contributed by atoms with Crippen LogP contribution in [0, 0.1) is 0 Å². The Morgan fingerprint density at radius 3 is 2.46 bits per heavy atom. The molecule has 5 nitrogen and oxygen atoms in total. The number of nitrogens with zero attached hydrogens (tertiary/aromatic N) is 2. The molecule has 0 aliphatic rings. The highest BCUT2D eigenvalue weighted by atomic mass is 35.5. The minimum atomic E-state index is -0.411. The average Bonchev–Trinajstić information content (AvgIpc) is 2.60. The summed E-state index contributed by atoms with van der Waals surface area (Å²) < 4.78 is 5.79. The van der Waals surface area contributed by atoms with Crippen molar-refractivity contribution in [2.45, 2.75) is 0 Å². The van der Waals surface area contributed by atoms with E-state index >= 15 is 0 Å². The maximum absolute atomic E-state index is 12.2. The number of halogens is 2. The molecule has 7 heteroatoms. The highest BCUT2D eigenvalue weighted by molar-refractivity contribution is 6.31. The first-order valence-electron chi connectivity index (χ1n) is 6.92. The van der Waals surface area contributed by atoms with Crippen molar-refractivity contribution in [3.8, 4) is 11.5 Å². The lowest BCUT2D eigenvalue weighted by Gasteiger charge is -2.12. The van der Waals surface area contributed by atoms with Gasteiger partial charge in [0.1, 0.15) is 11.4 Å². The number of carbonyl (C=O) groups excluding carboxylic acids is 1. The molecule has 0 fully saturated rings. The SMILES string of the molecule is O=C(Nc1cc(Cl)ccc1Oc1ccc(Cl)cc1)c1cnccn1. The maximum Gasteiger partial charge on any atom is 0.275 e. The van der Waals surface area contributed by atoms with E-state index in [2.05, 4.69) is 15.3 Å². The Kier molecular flexibility index (Phi) is 4.93. The van der Waals surface area contributed by atoms with Crippen molar-refractivity contribution in [1.29, 1.82) is 0 Å². The predicted molar refractivity (Wildman–Crippen MR) is 93.0 cm³/mol. The van der Waals surface area contributed by atoms with Crippen LogP contribution < -0.4 is 10.1 Å². The van der Waals surface area contributed by atoms with E-state index in [1.165, 1.54) is 18.6 Å². The van der Waals surface area contributed by atoms with E-state index in [0.717, 1.165) is 0 Å². The molecule has 0 radical (unpaired) electrons. The minimum absolute atomic E-state index is 0.190. The molecule has 2 aromatic carbocycles. The smallest absolute Gasteiger partial charge is 0.275 e. The number of amides is 1. The Labute approximate surface area is 148 Å². The molecule has 0 aliphatic heterocycles. The summed E-state index contributed by atoms with van der Waals surface area (Å²) in [5.41, 5.74) is 0.614. The zero-order valence-electron chi connectivity index (χ0n) is 12.2. The fourth-order valence-corrected chi connectivity index (χ4v) is 2.22. The molecule has 3 rings (SSSR count). The molecule has 3 aromatic rings. The summed E-state index contributed by atoms with van der Waals surface area (Å²) in [6.45, 7) is 0. The van der Waals surface area contributed by atoms with Crippen molar-refractivity contribution in [3.63, 3.8) is 0 Å². The number of rotatable bonds is 4. The lowest BCUT2D eigenvalue weighted by atomic mass is 10.2. The Bertz CT molecular complexity index is 855. The Hall–Kier alpha value is -2.63. The Morgan fingerprint density at radius 2 is 1.75 bits per heavy atom. The molecule has 0 bridgehead atoms. The van der Waals surface area contributed by atoms with Crippen LogP contribution in [0.25, 0.3) is 0 Å². The monoisotopic (exact) mass is 359 g/mol. The number of carbonyl (C=O) groups is 1. The zero-order valence-corrected chi connectivity index (χ0v) is 13.8. The van der Waals surface area contributed by atoms with Crippen LogP contribution in [0.3, 0.4) is 0 Å². The van der Waals surface area contributed by atoms with Crippen molar-refractivity contribution in [1.82, 2.24) is 9.97 Å². The van der Waals surface area contributed by atoms with Crippen LogP contribution in [0.1, 0.15) is 10.5 Å². The van der Waals surface area contributed by atoms with Crippen molar-refractivity contribution < 1.29 is 9.53 Å². The standard InChI is InChI=1S/C17H11Cl2N3O2/c18-11-1-4-13(5-2-11)24-16-6-3-12(19)9-14(16)22-17(23)15-10-20-7-8-21-15/h1-10H,(H,22,23). The first kappa shape index (κ1) is 16.2. The topological polar surface area (TPSA) is 64.1 Å². The van der Waals surface area contributed by atoms with Gasteiger partial charge in [-0.3, -0.25) is 9.78 Å². The Morgan fingerprint density at radius 1 is 1.00 bits per heavy atom. The first-order valence-corrected chi connectivity index (χ1v) is 7.68. The lowest BCUT2D eigenvalue weighted by molar-refractivity contribution is 0.102. The molecule has 0 spiro atoms. The number of anilines is 1. The van der Waals surface area contributed by atoms with E-state index < -0.39 is 5.91 Å². The predicted octanol–water partition coefficient (Wildman–Crippen LogP) is 4.83. The van der Waals surface area contributed by atoms with E-state index in [1.54, 1.807) is 42.5 Å². The summed E-state index contributed by atoms with van der Waals surface area (Å²) in [5, 5.41) is 3.79. The third-order valence-electron chi connectivity index (χ3n) is 3.03. The van der Waals surface area contributed by atoms with Gasteiger partial charge in [-0.25, -0.2) is 4.98 Å². The Balaban J connectivity index is 1.85. The molecule has 1 aromatic heterocycles. The van der Waals surface area contributed by atoms with Crippen LogP contribution in [-0.2, 0) is 0 Å². The number of benzene rings is 2. The fraction of sp³-hybridized carbons (Fsp3) is 0. The van der Waals surface area contributed by atoms with Crippen molar-refractivity contribution >= 4 is 34.8 Å². The molecule has 0 unspecified atom stereocenters. The van der Waals surface area contributed by atoms with Gasteiger partial charge in [0.15, 0.2) is 5.75 Å². The van der Waals surface area contributed by atoms with Crippen LogP contribution in [0.2, 0.25) is 10.0 Å². The molecular formula is C17H11Cl2N3O2. The highest BCUT2D eigenvalue weighted by Crippen LogP contribution is 2.32. The highest BCUT2D eigenvalue weighted by Gasteiger charge is 2.12. The van der Waals surface area contributed by atoms with Gasteiger partial charge in [-0.15, -0.1) is 0 Å². The van der Waals surface area contributed by atoms with E-state index in [9.17, 15) is 4.79 Å². The van der Waals surface area contributed by atoms with Gasteiger partial charge in [0, 0.05) is 22.4 Å². The fourth-order valence-electron chi connectivity index (χ4n) is 1.92. The molecule has 0 aliphatic carbocycles. The van der Waals surface area contributed by atoms with Crippen LogP contribution in [0.5, 0.6) is 11.5 Å². The second kappa shape index (κ2) is 7.29. The van der Waals surface area contributed by atoms with Crippen LogP contribution in [-0.4, -0.2) is 15.9 Å². The molecule has 120 valence electrons. The van der Waals surface area contributed by atoms with E-state index in [0.29, 0.717) is 27.2 Å². The third-order valence-corrected chi connectivity index (χ3v) is 3.51.